The van der Waals surface area contributed by atoms with Gasteiger partial charge < -0.3 is 14.4 Å². The lowest BCUT2D eigenvalue weighted by molar-refractivity contribution is -0.111. The molecule has 8 heteroatoms. The summed E-state index contributed by atoms with van der Waals surface area (Å²) in [6, 6.07) is 7.13. The fourth-order valence-electron chi connectivity index (χ4n) is 2.47. The zero-order valence-corrected chi connectivity index (χ0v) is 17.0. The van der Waals surface area contributed by atoms with Gasteiger partial charge in [0, 0.05) is 30.1 Å². The van der Waals surface area contributed by atoms with Gasteiger partial charge in [0.05, 0.1) is 25.6 Å². The van der Waals surface area contributed by atoms with Crippen molar-refractivity contribution in [2.75, 3.05) is 18.5 Å². The molecular formula is C19H26N3O4P. The fraction of sp³-hybridized carbons (Fsp3) is 0.368. The second kappa shape index (κ2) is 9.65. The van der Waals surface area contributed by atoms with Crippen LogP contribution in [0.15, 0.2) is 36.5 Å². The number of aryl methyl sites for hydroxylation is 1. The summed E-state index contributed by atoms with van der Waals surface area (Å²) in [4.78, 5) is 12.1. The summed E-state index contributed by atoms with van der Waals surface area (Å²) < 4.78 is 24.9. The number of rotatable bonds is 9. The highest BCUT2D eigenvalue weighted by molar-refractivity contribution is 7.53. The van der Waals surface area contributed by atoms with Gasteiger partial charge in [-0.3, -0.25) is 14.0 Å². The van der Waals surface area contributed by atoms with Gasteiger partial charge in [0.25, 0.3) is 0 Å². The van der Waals surface area contributed by atoms with E-state index in [2.05, 4.69) is 10.4 Å². The van der Waals surface area contributed by atoms with Crippen LogP contribution in [0.4, 0.5) is 5.69 Å². The van der Waals surface area contributed by atoms with Crippen molar-refractivity contribution in [2.45, 2.75) is 26.9 Å². The minimum absolute atomic E-state index is 0.198. The third kappa shape index (κ3) is 6.17. The molecule has 2 aromatic rings. The Morgan fingerprint density at radius 1 is 1.22 bits per heavy atom. The Morgan fingerprint density at radius 3 is 2.37 bits per heavy atom. The molecule has 0 aliphatic carbocycles. The average Bonchev–Trinajstić information content (AvgIpc) is 2.94. The van der Waals surface area contributed by atoms with Crippen LogP contribution in [0.5, 0.6) is 0 Å². The molecule has 0 fully saturated rings. The van der Waals surface area contributed by atoms with Crippen molar-refractivity contribution in [3.8, 4) is 0 Å². The van der Waals surface area contributed by atoms with E-state index >= 15 is 0 Å². The van der Waals surface area contributed by atoms with E-state index in [1.165, 1.54) is 6.08 Å². The van der Waals surface area contributed by atoms with Gasteiger partial charge in [-0.25, -0.2) is 0 Å². The molecule has 0 saturated carbocycles. The minimum atomic E-state index is -3.14. The number of amides is 1. The summed E-state index contributed by atoms with van der Waals surface area (Å²) in [6.07, 6.45) is 5.11. The van der Waals surface area contributed by atoms with Crippen LogP contribution in [0, 0.1) is 6.92 Å². The number of nitrogens with zero attached hydrogens (tertiary/aromatic N) is 2. The lowest BCUT2D eigenvalue weighted by Gasteiger charge is -2.17. The number of hydrogen-bond acceptors (Lipinski definition) is 5. The first-order valence-electron chi connectivity index (χ1n) is 8.81. The van der Waals surface area contributed by atoms with E-state index in [-0.39, 0.29) is 12.1 Å². The molecule has 0 saturated heterocycles. The van der Waals surface area contributed by atoms with Crippen molar-refractivity contribution >= 4 is 25.3 Å². The van der Waals surface area contributed by atoms with E-state index in [4.69, 9.17) is 9.05 Å². The van der Waals surface area contributed by atoms with Gasteiger partial charge in [0.1, 0.15) is 0 Å². The summed E-state index contributed by atoms with van der Waals surface area (Å²) in [6.45, 7) is 6.16. The van der Waals surface area contributed by atoms with Gasteiger partial charge in [0.15, 0.2) is 0 Å². The van der Waals surface area contributed by atoms with Gasteiger partial charge in [-0.2, -0.15) is 5.10 Å². The van der Waals surface area contributed by atoms with Crippen molar-refractivity contribution < 1.29 is 18.4 Å². The lowest BCUT2D eigenvalue weighted by atomic mass is 10.2. The Balaban J connectivity index is 1.97. The predicted octanol–water partition coefficient (Wildman–Crippen LogP) is 4.15. The van der Waals surface area contributed by atoms with Crippen LogP contribution in [0.1, 0.15) is 30.7 Å². The van der Waals surface area contributed by atoms with E-state index in [1.807, 2.05) is 14.0 Å². The predicted molar refractivity (Wildman–Crippen MR) is 107 cm³/mol. The monoisotopic (exact) mass is 391 g/mol. The molecule has 146 valence electrons. The molecule has 0 bridgehead atoms. The van der Waals surface area contributed by atoms with Crippen molar-refractivity contribution in [2.24, 2.45) is 7.05 Å². The number of carbonyl (C=O) groups is 1. The normalized spacial score (nSPS) is 11.9. The van der Waals surface area contributed by atoms with Crippen molar-refractivity contribution in [3.05, 3.63) is 53.4 Å². The number of anilines is 1. The molecule has 1 heterocycles. The molecule has 0 aliphatic rings. The van der Waals surface area contributed by atoms with Crippen LogP contribution in [0.25, 0.3) is 6.08 Å². The highest BCUT2D eigenvalue weighted by atomic mass is 31.2. The fourth-order valence-corrected chi connectivity index (χ4v) is 4.17. The molecule has 0 unspecified atom stereocenters. The Kier molecular flexibility index (Phi) is 7.54. The van der Waals surface area contributed by atoms with E-state index < -0.39 is 7.60 Å². The van der Waals surface area contributed by atoms with Crippen molar-refractivity contribution in [3.63, 3.8) is 0 Å². The summed E-state index contributed by atoms with van der Waals surface area (Å²) in [5.41, 5.74) is 3.35. The molecule has 0 atom stereocenters. The number of aromatic nitrogens is 2. The largest absolute Gasteiger partial charge is 0.335 e. The Labute approximate surface area is 159 Å². The van der Waals surface area contributed by atoms with E-state index in [0.717, 1.165) is 16.8 Å². The summed E-state index contributed by atoms with van der Waals surface area (Å²) >= 11 is 0. The first kappa shape index (κ1) is 21.1. The molecule has 1 aromatic heterocycles. The molecule has 7 nitrogen and oxygen atoms in total. The topological polar surface area (TPSA) is 82.5 Å². The first-order chi connectivity index (χ1) is 12.9. The van der Waals surface area contributed by atoms with Gasteiger partial charge in [-0.05, 0) is 44.5 Å². The van der Waals surface area contributed by atoms with Crippen LogP contribution < -0.4 is 5.32 Å². The Bertz CT molecular complexity index is 833. The third-order valence-corrected chi connectivity index (χ3v) is 5.99. The maximum atomic E-state index is 12.6. The Morgan fingerprint density at radius 2 is 1.85 bits per heavy atom. The summed E-state index contributed by atoms with van der Waals surface area (Å²) in [5.74, 6) is -0.236. The van der Waals surface area contributed by atoms with Gasteiger partial charge in [0.2, 0.25) is 5.91 Å². The van der Waals surface area contributed by atoms with Gasteiger partial charge in [-0.1, -0.05) is 12.1 Å². The lowest BCUT2D eigenvalue weighted by Crippen LogP contribution is -2.07. The highest BCUT2D eigenvalue weighted by Gasteiger charge is 2.23. The average molecular weight is 391 g/mol. The number of benzene rings is 1. The maximum absolute atomic E-state index is 12.6. The standard InChI is InChI=1S/C19H26N3O4P/c1-5-25-27(24,26-6-2)14-16-7-10-18(11-8-16)21-19(23)12-9-17-13-20-22(4)15(17)3/h7-13H,5-6,14H2,1-4H3,(H,21,23)/b12-9+. The molecule has 0 aliphatic heterocycles. The quantitative estimate of drug-likeness (QED) is 0.513. The van der Waals surface area contributed by atoms with Crippen molar-refractivity contribution in [1.82, 2.24) is 9.78 Å². The molecule has 1 amide bonds. The maximum Gasteiger partial charge on any atom is 0.335 e. The zero-order valence-electron chi connectivity index (χ0n) is 16.1. The van der Waals surface area contributed by atoms with Crippen LogP contribution >= 0.6 is 7.60 Å². The number of hydrogen-bond donors (Lipinski definition) is 1. The SMILES string of the molecule is CCOP(=O)(Cc1ccc(NC(=O)/C=C/c2cnn(C)c2C)cc1)OCC. The second-order valence-corrected chi connectivity index (χ2v) is 7.99. The number of nitrogens with one attached hydrogen (secondary N) is 1. The minimum Gasteiger partial charge on any atom is -0.323 e. The third-order valence-electron chi connectivity index (χ3n) is 3.94. The molecule has 2 rings (SSSR count). The van der Waals surface area contributed by atoms with Crippen LogP contribution in [-0.4, -0.2) is 28.9 Å². The molecule has 0 radical (unpaired) electrons. The number of carbonyl (C=O) groups excluding carboxylic acids is 1. The molecule has 27 heavy (non-hydrogen) atoms. The first-order valence-corrected chi connectivity index (χ1v) is 10.5. The van der Waals surface area contributed by atoms with Crippen LogP contribution in [-0.2, 0) is 31.6 Å². The van der Waals surface area contributed by atoms with E-state index in [1.54, 1.807) is 55.1 Å². The van der Waals surface area contributed by atoms with Gasteiger partial charge in [-0.15, -0.1) is 0 Å². The van der Waals surface area contributed by atoms with E-state index in [0.29, 0.717) is 18.9 Å². The van der Waals surface area contributed by atoms with Crippen molar-refractivity contribution in [1.29, 1.82) is 0 Å². The smallest absolute Gasteiger partial charge is 0.323 e. The highest BCUT2D eigenvalue weighted by Crippen LogP contribution is 2.51. The molecule has 0 spiro atoms. The van der Waals surface area contributed by atoms with Gasteiger partial charge >= 0.3 is 7.60 Å². The molecular weight excluding hydrogens is 365 g/mol. The Hall–Kier alpha value is -2.21. The summed E-state index contributed by atoms with van der Waals surface area (Å²) in [5, 5.41) is 6.93. The summed E-state index contributed by atoms with van der Waals surface area (Å²) in [7, 11) is -1.29. The molecule has 1 aromatic carbocycles. The van der Waals surface area contributed by atoms with E-state index in [9.17, 15) is 9.36 Å². The molecule has 1 N–H and O–H groups in total. The zero-order chi connectivity index (χ0) is 19.9. The second-order valence-electron chi connectivity index (χ2n) is 5.93. The van der Waals surface area contributed by atoms with Crippen LogP contribution in [0.2, 0.25) is 0 Å². The van der Waals surface area contributed by atoms with Crippen LogP contribution in [0.3, 0.4) is 0 Å².